The number of nitrogens with one attached hydrogen (secondary N) is 2. The quantitative estimate of drug-likeness (QED) is 0.584. The molecule has 8 nitrogen and oxygen atoms in total. The molecule has 26 heavy (non-hydrogen) atoms. The third kappa shape index (κ3) is 5.44. The Morgan fingerprint density at radius 3 is 2.46 bits per heavy atom. The van der Waals surface area contributed by atoms with Crippen LogP contribution in [0.5, 0.6) is 0 Å². The van der Waals surface area contributed by atoms with Crippen molar-refractivity contribution in [3.05, 3.63) is 41.7 Å². The Kier molecular flexibility index (Phi) is 6.48. The summed E-state index contributed by atoms with van der Waals surface area (Å²) >= 11 is 0. The highest BCUT2D eigenvalue weighted by atomic mass is 16.6. The minimum Gasteiger partial charge on any atom is -0.382 e. The molecule has 0 unspecified atom stereocenters. The summed E-state index contributed by atoms with van der Waals surface area (Å²) in [6, 6.07) is 8.79. The van der Waals surface area contributed by atoms with Crippen molar-refractivity contribution in [3.8, 4) is 0 Å². The van der Waals surface area contributed by atoms with Crippen molar-refractivity contribution >= 4 is 29.0 Å². The van der Waals surface area contributed by atoms with Crippen molar-refractivity contribution in [3.63, 3.8) is 0 Å². The number of oxime groups is 1. The number of anilines is 2. The lowest BCUT2D eigenvalue weighted by atomic mass is 10.1. The zero-order valence-corrected chi connectivity index (χ0v) is 15.2. The third-order valence-corrected chi connectivity index (χ3v) is 3.48. The third-order valence-electron chi connectivity index (χ3n) is 3.48. The maximum absolute atomic E-state index is 12.2. The number of carbonyl (C=O) groups excluding carboxylic acids is 2. The molecule has 0 spiro atoms. The highest BCUT2D eigenvalue weighted by Crippen LogP contribution is 2.12. The lowest BCUT2D eigenvalue weighted by Crippen LogP contribution is -2.29. The standard InChI is InChI=1S/C18H22N4O4/c1-5-16(18(24)20-17-10-11(2)25-22-17)26-21-12(3)14-6-8-15(9-7-14)19-13(4)23/h6-10,16H,5H2,1-4H3,(H,19,23)(H,20,22,24)/b21-12-/t16-/m0/s1. The van der Waals surface area contributed by atoms with Crippen molar-refractivity contribution in [2.45, 2.75) is 40.2 Å². The molecule has 0 aliphatic rings. The van der Waals surface area contributed by atoms with Gasteiger partial charge in [-0.25, -0.2) is 0 Å². The molecular formula is C18H22N4O4. The second-order valence-corrected chi connectivity index (χ2v) is 5.75. The summed E-state index contributed by atoms with van der Waals surface area (Å²) in [6.07, 6.45) is -0.304. The molecule has 0 aliphatic carbocycles. The maximum atomic E-state index is 12.2. The number of hydrogen-bond donors (Lipinski definition) is 2. The van der Waals surface area contributed by atoms with Crippen LogP contribution in [0.25, 0.3) is 0 Å². The van der Waals surface area contributed by atoms with E-state index in [0.29, 0.717) is 29.4 Å². The van der Waals surface area contributed by atoms with E-state index in [0.717, 1.165) is 5.56 Å². The fraction of sp³-hybridized carbons (Fsp3) is 0.333. The van der Waals surface area contributed by atoms with E-state index in [1.54, 1.807) is 32.0 Å². The summed E-state index contributed by atoms with van der Waals surface area (Å²) in [5.74, 6) is 0.457. The van der Waals surface area contributed by atoms with E-state index in [9.17, 15) is 9.59 Å². The number of nitrogens with zero attached hydrogens (tertiary/aromatic N) is 2. The molecule has 2 amide bonds. The Bertz CT molecular complexity index is 796. The molecule has 0 bridgehead atoms. The molecule has 2 N–H and O–H groups in total. The van der Waals surface area contributed by atoms with Gasteiger partial charge in [0.15, 0.2) is 5.82 Å². The van der Waals surface area contributed by atoms with Crippen LogP contribution >= 0.6 is 0 Å². The smallest absolute Gasteiger partial charge is 0.269 e. The van der Waals surface area contributed by atoms with Crippen molar-refractivity contribution in [1.29, 1.82) is 0 Å². The Balaban J connectivity index is 1.98. The van der Waals surface area contributed by atoms with Gasteiger partial charge in [-0.3, -0.25) is 9.59 Å². The first-order valence-electron chi connectivity index (χ1n) is 8.21. The lowest BCUT2D eigenvalue weighted by Gasteiger charge is -2.12. The summed E-state index contributed by atoms with van der Waals surface area (Å²) in [7, 11) is 0. The van der Waals surface area contributed by atoms with Gasteiger partial charge in [0.05, 0.1) is 5.71 Å². The van der Waals surface area contributed by atoms with Crippen LogP contribution in [0.2, 0.25) is 0 Å². The molecule has 0 saturated heterocycles. The molecule has 1 aromatic heterocycles. The van der Waals surface area contributed by atoms with E-state index in [-0.39, 0.29) is 11.8 Å². The summed E-state index contributed by atoms with van der Waals surface area (Å²) < 4.78 is 4.91. The highest BCUT2D eigenvalue weighted by molar-refractivity contribution is 5.99. The van der Waals surface area contributed by atoms with Crippen LogP contribution in [0, 0.1) is 6.92 Å². The number of benzene rings is 1. The fourth-order valence-electron chi connectivity index (χ4n) is 2.13. The average Bonchev–Trinajstić information content (AvgIpc) is 3.00. The van der Waals surface area contributed by atoms with Gasteiger partial charge in [-0.15, -0.1) is 0 Å². The molecule has 1 heterocycles. The second-order valence-electron chi connectivity index (χ2n) is 5.75. The summed E-state index contributed by atoms with van der Waals surface area (Å²) in [6.45, 7) is 6.79. The molecule has 1 aromatic carbocycles. The molecule has 2 rings (SSSR count). The van der Waals surface area contributed by atoms with Crippen molar-refractivity contribution in [1.82, 2.24) is 5.16 Å². The number of rotatable bonds is 7. The van der Waals surface area contributed by atoms with E-state index >= 15 is 0 Å². The Morgan fingerprint density at radius 2 is 1.92 bits per heavy atom. The van der Waals surface area contributed by atoms with Crippen molar-refractivity contribution in [2.75, 3.05) is 10.6 Å². The molecular weight excluding hydrogens is 336 g/mol. The van der Waals surface area contributed by atoms with Crippen LogP contribution < -0.4 is 10.6 Å². The van der Waals surface area contributed by atoms with Gasteiger partial charge >= 0.3 is 0 Å². The maximum Gasteiger partial charge on any atom is 0.269 e. The molecule has 1 atom stereocenters. The van der Waals surface area contributed by atoms with Crippen LogP contribution in [0.4, 0.5) is 11.5 Å². The number of hydrogen-bond acceptors (Lipinski definition) is 6. The Morgan fingerprint density at radius 1 is 1.23 bits per heavy atom. The van der Waals surface area contributed by atoms with Gasteiger partial charge < -0.3 is 20.0 Å². The van der Waals surface area contributed by atoms with Crippen LogP contribution in [-0.4, -0.2) is 28.8 Å². The minimum absolute atomic E-state index is 0.134. The minimum atomic E-state index is -0.749. The van der Waals surface area contributed by atoms with E-state index in [2.05, 4.69) is 20.9 Å². The lowest BCUT2D eigenvalue weighted by molar-refractivity contribution is -0.127. The fourth-order valence-corrected chi connectivity index (χ4v) is 2.13. The number of aryl methyl sites for hydroxylation is 1. The van der Waals surface area contributed by atoms with Crippen LogP contribution in [0.15, 0.2) is 40.0 Å². The number of aromatic nitrogens is 1. The molecule has 8 heteroatoms. The van der Waals surface area contributed by atoms with Gasteiger partial charge in [0, 0.05) is 18.7 Å². The van der Waals surface area contributed by atoms with E-state index in [1.165, 1.54) is 6.92 Å². The van der Waals surface area contributed by atoms with Gasteiger partial charge in [0.25, 0.3) is 5.91 Å². The molecule has 0 saturated carbocycles. The topological polar surface area (TPSA) is 106 Å². The van der Waals surface area contributed by atoms with Gasteiger partial charge in [-0.2, -0.15) is 0 Å². The predicted molar refractivity (Wildman–Crippen MR) is 98.0 cm³/mol. The van der Waals surface area contributed by atoms with Crippen molar-refractivity contribution in [2.24, 2.45) is 5.16 Å². The predicted octanol–water partition coefficient (Wildman–Crippen LogP) is 3.10. The molecule has 138 valence electrons. The molecule has 2 aromatic rings. The normalized spacial score (nSPS) is 12.4. The summed E-state index contributed by atoms with van der Waals surface area (Å²) in [5.41, 5.74) is 2.13. The van der Waals surface area contributed by atoms with Crippen LogP contribution in [0.3, 0.4) is 0 Å². The van der Waals surface area contributed by atoms with Crippen LogP contribution in [0.1, 0.15) is 38.5 Å². The molecule has 0 radical (unpaired) electrons. The van der Waals surface area contributed by atoms with Gasteiger partial charge in [0.2, 0.25) is 12.0 Å². The monoisotopic (exact) mass is 358 g/mol. The first-order valence-corrected chi connectivity index (χ1v) is 8.21. The van der Waals surface area contributed by atoms with Gasteiger partial charge in [-0.05, 0) is 38.0 Å². The van der Waals surface area contributed by atoms with E-state index in [1.807, 2.05) is 19.1 Å². The first kappa shape index (κ1) is 19.2. The first-order chi connectivity index (χ1) is 12.4. The summed E-state index contributed by atoms with van der Waals surface area (Å²) in [5, 5.41) is 13.1. The number of carbonyl (C=O) groups is 2. The van der Waals surface area contributed by atoms with Gasteiger partial charge in [-0.1, -0.05) is 29.4 Å². The Hall–Kier alpha value is -3.16. The zero-order chi connectivity index (χ0) is 19.1. The van der Waals surface area contributed by atoms with E-state index in [4.69, 9.17) is 9.36 Å². The van der Waals surface area contributed by atoms with Crippen molar-refractivity contribution < 1.29 is 18.9 Å². The van der Waals surface area contributed by atoms with Gasteiger partial charge in [0.1, 0.15) is 5.76 Å². The second kappa shape index (κ2) is 8.80. The SMILES string of the molecule is CC[C@H](O/N=C(/C)c1ccc(NC(C)=O)cc1)C(=O)Nc1cc(C)on1. The number of amides is 2. The highest BCUT2D eigenvalue weighted by Gasteiger charge is 2.19. The molecule has 0 fully saturated rings. The molecule has 0 aliphatic heterocycles. The van der Waals surface area contributed by atoms with Crippen LogP contribution in [-0.2, 0) is 14.4 Å². The summed E-state index contributed by atoms with van der Waals surface area (Å²) in [4.78, 5) is 28.6. The zero-order valence-electron chi connectivity index (χ0n) is 15.2. The average molecular weight is 358 g/mol. The van der Waals surface area contributed by atoms with E-state index < -0.39 is 6.10 Å². The Labute approximate surface area is 151 Å². The largest absolute Gasteiger partial charge is 0.382 e.